The Kier molecular flexibility index (Phi) is 4.41. The lowest BCUT2D eigenvalue weighted by atomic mass is 10.1. The Bertz CT molecular complexity index is 481. The molecular formula is C16H23N3O2. The van der Waals surface area contributed by atoms with Crippen LogP contribution in [0.4, 0.5) is 0 Å². The Labute approximate surface area is 125 Å². The van der Waals surface area contributed by atoms with Crippen molar-refractivity contribution in [3.05, 3.63) is 29.8 Å². The Morgan fingerprint density at radius 1 is 1.48 bits per heavy atom. The van der Waals surface area contributed by atoms with Crippen LogP contribution < -0.4 is 15.4 Å². The van der Waals surface area contributed by atoms with E-state index < -0.39 is 0 Å². The van der Waals surface area contributed by atoms with Gasteiger partial charge in [0.15, 0.2) is 0 Å². The Morgan fingerprint density at radius 2 is 2.33 bits per heavy atom. The smallest absolute Gasteiger partial charge is 0.234 e. The number of para-hydroxylation sites is 1. The maximum absolute atomic E-state index is 12.1. The number of nitrogens with zero attached hydrogens (tertiary/aromatic N) is 1. The normalized spacial score (nSPS) is 25.2. The van der Waals surface area contributed by atoms with Gasteiger partial charge in [0.05, 0.1) is 13.1 Å². The van der Waals surface area contributed by atoms with Gasteiger partial charge >= 0.3 is 0 Å². The number of hydrogen-bond acceptors (Lipinski definition) is 4. The summed E-state index contributed by atoms with van der Waals surface area (Å²) in [5.74, 6) is 1.04. The van der Waals surface area contributed by atoms with Crippen molar-refractivity contribution in [3.8, 4) is 5.75 Å². The molecule has 2 heterocycles. The summed E-state index contributed by atoms with van der Waals surface area (Å²) in [4.78, 5) is 14.3. The second-order valence-corrected chi connectivity index (χ2v) is 5.88. The topological polar surface area (TPSA) is 53.6 Å². The van der Waals surface area contributed by atoms with Gasteiger partial charge in [0, 0.05) is 32.1 Å². The van der Waals surface area contributed by atoms with Crippen molar-refractivity contribution in [1.82, 2.24) is 15.5 Å². The molecule has 114 valence electrons. The molecule has 5 nitrogen and oxygen atoms in total. The molecular weight excluding hydrogens is 266 g/mol. The molecule has 2 N–H and O–H groups in total. The lowest BCUT2D eigenvalue weighted by Gasteiger charge is -2.33. The van der Waals surface area contributed by atoms with E-state index in [1.165, 1.54) is 5.56 Å². The largest absolute Gasteiger partial charge is 0.488 e. The number of rotatable bonds is 4. The van der Waals surface area contributed by atoms with Crippen molar-refractivity contribution >= 4 is 5.91 Å². The van der Waals surface area contributed by atoms with E-state index in [0.717, 1.165) is 31.8 Å². The van der Waals surface area contributed by atoms with E-state index in [1.807, 2.05) is 18.2 Å². The van der Waals surface area contributed by atoms with E-state index in [2.05, 4.69) is 28.5 Å². The van der Waals surface area contributed by atoms with Crippen LogP contribution in [0.1, 0.15) is 12.5 Å². The van der Waals surface area contributed by atoms with Crippen LogP contribution in [0.3, 0.4) is 0 Å². The second-order valence-electron chi connectivity index (χ2n) is 5.88. The van der Waals surface area contributed by atoms with Crippen molar-refractivity contribution in [2.75, 3.05) is 32.7 Å². The lowest BCUT2D eigenvalue weighted by molar-refractivity contribution is -0.123. The van der Waals surface area contributed by atoms with Gasteiger partial charge in [0.25, 0.3) is 0 Å². The number of hydrogen-bond donors (Lipinski definition) is 2. The average molecular weight is 289 g/mol. The van der Waals surface area contributed by atoms with Crippen molar-refractivity contribution in [2.45, 2.75) is 25.5 Å². The van der Waals surface area contributed by atoms with Crippen molar-refractivity contribution in [1.29, 1.82) is 0 Å². The number of piperazine rings is 1. The maximum atomic E-state index is 12.1. The zero-order valence-corrected chi connectivity index (χ0v) is 12.5. The number of nitrogens with one attached hydrogen (secondary N) is 2. The van der Waals surface area contributed by atoms with E-state index in [1.54, 1.807) is 0 Å². The fourth-order valence-electron chi connectivity index (χ4n) is 2.95. The molecule has 1 aromatic rings. The predicted octanol–water partition coefficient (Wildman–Crippen LogP) is 0.400. The molecule has 1 amide bonds. The minimum Gasteiger partial charge on any atom is -0.488 e. The van der Waals surface area contributed by atoms with E-state index in [0.29, 0.717) is 19.1 Å². The van der Waals surface area contributed by atoms with Crippen LogP contribution in [-0.2, 0) is 11.2 Å². The highest BCUT2D eigenvalue weighted by molar-refractivity contribution is 5.78. The van der Waals surface area contributed by atoms with Crippen molar-refractivity contribution in [3.63, 3.8) is 0 Å². The summed E-state index contributed by atoms with van der Waals surface area (Å²) in [6.07, 6.45) is 0.937. The molecule has 1 fully saturated rings. The van der Waals surface area contributed by atoms with Crippen molar-refractivity contribution in [2.24, 2.45) is 0 Å². The standard InChI is InChI=1S/C16H23N3O2/c1-12-9-17-6-7-19(12)11-16(20)18-10-14-8-13-4-2-3-5-15(13)21-14/h2-5,12,14,17H,6-11H2,1H3,(H,18,20)/t12-,14?/m1/s1. The van der Waals surface area contributed by atoms with Crippen LogP contribution in [0.5, 0.6) is 5.75 Å². The molecule has 1 aromatic carbocycles. The molecule has 1 saturated heterocycles. The summed E-state index contributed by atoms with van der Waals surface area (Å²) in [6.45, 7) is 6.04. The van der Waals surface area contributed by atoms with E-state index in [9.17, 15) is 4.79 Å². The van der Waals surface area contributed by atoms with E-state index in [4.69, 9.17) is 4.74 Å². The highest BCUT2D eigenvalue weighted by Gasteiger charge is 2.24. The number of carbonyl (C=O) groups is 1. The van der Waals surface area contributed by atoms with Gasteiger partial charge < -0.3 is 15.4 Å². The molecule has 0 bridgehead atoms. The summed E-state index contributed by atoms with van der Waals surface area (Å²) in [7, 11) is 0. The number of ether oxygens (including phenoxy) is 1. The van der Waals surface area contributed by atoms with E-state index in [-0.39, 0.29) is 12.0 Å². The first-order chi connectivity index (χ1) is 10.2. The van der Waals surface area contributed by atoms with Crippen LogP contribution in [0, 0.1) is 0 Å². The minimum atomic E-state index is 0.0618. The summed E-state index contributed by atoms with van der Waals surface area (Å²) in [5.41, 5.74) is 1.23. The van der Waals surface area contributed by atoms with Gasteiger partial charge in [0.1, 0.15) is 11.9 Å². The molecule has 2 atom stereocenters. The van der Waals surface area contributed by atoms with Gasteiger partial charge in [-0.3, -0.25) is 9.69 Å². The fraction of sp³-hybridized carbons (Fsp3) is 0.562. The Hall–Kier alpha value is -1.59. The first-order valence-electron chi connectivity index (χ1n) is 7.68. The number of amides is 1. The molecule has 2 aliphatic rings. The second kappa shape index (κ2) is 6.45. The minimum absolute atomic E-state index is 0.0618. The lowest BCUT2D eigenvalue weighted by Crippen LogP contribution is -2.53. The summed E-state index contributed by atoms with van der Waals surface area (Å²) < 4.78 is 5.83. The summed E-state index contributed by atoms with van der Waals surface area (Å²) in [6, 6.07) is 8.48. The number of carbonyl (C=O) groups excluding carboxylic acids is 1. The van der Waals surface area contributed by atoms with Crippen LogP contribution in [0.15, 0.2) is 24.3 Å². The highest BCUT2D eigenvalue weighted by atomic mass is 16.5. The first kappa shape index (κ1) is 14.4. The Balaban J connectivity index is 1.43. The van der Waals surface area contributed by atoms with Crippen LogP contribution in [-0.4, -0.2) is 55.7 Å². The molecule has 0 radical (unpaired) electrons. The third-order valence-electron chi connectivity index (χ3n) is 4.23. The third kappa shape index (κ3) is 3.54. The zero-order chi connectivity index (χ0) is 14.7. The third-order valence-corrected chi connectivity index (χ3v) is 4.23. The molecule has 0 aromatic heterocycles. The summed E-state index contributed by atoms with van der Waals surface area (Å²) in [5, 5.41) is 6.33. The fourth-order valence-corrected chi connectivity index (χ4v) is 2.95. The number of fused-ring (bicyclic) bond motifs is 1. The maximum Gasteiger partial charge on any atom is 0.234 e. The van der Waals surface area contributed by atoms with Gasteiger partial charge in [0.2, 0.25) is 5.91 Å². The molecule has 2 aliphatic heterocycles. The number of benzene rings is 1. The monoisotopic (exact) mass is 289 g/mol. The van der Waals surface area contributed by atoms with Gasteiger partial charge in [-0.1, -0.05) is 18.2 Å². The molecule has 0 saturated carbocycles. The van der Waals surface area contributed by atoms with E-state index >= 15 is 0 Å². The quantitative estimate of drug-likeness (QED) is 0.842. The highest BCUT2D eigenvalue weighted by Crippen LogP contribution is 2.27. The van der Waals surface area contributed by atoms with Gasteiger partial charge in [-0.05, 0) is 18.6 Å². The SMILES string of the molecule is C[C@@H]1CNCCN1CC(=O)NCC1Cc2ccccc2O1. The molecule has 5 heteroatoms. The van der Waals surface area contributed by atoms with Crippen LogP contribution in [0.2, 0.25) is 0 Å². The molecule has 21 heavy (non-hydrogen) atoms. The Morgan fingerprint density at radius 3 is 3.14 bits per heavy atom. The van der Waals surface area contributed by atoms with Crippen LogP contribution >= 0.6 is 0 Å². The molecule has 0 aliphatic carbocycles. The zero-order valence-electron chi connectivity index (χ0n) is 12.5. The summed E-state index contributed by atoms with van der Waals surface area (Å²) >= 11 is 0. The average Bonchev–Trinajstić information content (AvgIpc) is 2.90. The molecule has 0 spiro atoms. The molecule has 3 rings (SSSR count). The van der Waals surface area contributed by atoms with Gasteiger partial charge in [-0.2, -0.15) is 0 Å². The predicted molar refractivity (Wildman–Crippen MR) is 81.5 cm³/mol. The van der Waals surface area contributed by atoms with Gasteiger partial charge in [-0.15, -0.1) is 0 Å². The van der Waals surface area contributed by atoms with Crippen LogP contribution in [0.25, 0.3) is 0 Å². The van der Waals surface area contributed by atoms with Crippen molar-refractivity contribution < 1.29 is 9.53 Å². The first-order valence-corrected chi connectivity index (χ1v) is 7.68. The molecule has 1 unspecified atom stereocenters. The van der Waals surface area contributed by atoms with Gasteiger partial charge in [-0.25, -0.2) is 0 Å².